The first-order chi connectivity index (χ1) is 6.51. The summed E-state index contributed by atoms with van der Waals surface area (Å²) in [5.74, 6) is -0.636. The largest absolute Gasteiger partial charge is 0.391 e. The Bertz CT molecular complexity index is 189. The fraction of sp³-hybridized carbons (Fsp3) is 0.800. The van der Waals surface area contributed by atoms with E-state index in [9.17, 15) is 14.7 Å². The van der Waals surface area contributed by atoms with Gasteiger partial charge in [0.2, 0.25) is 6.29 Å². The van der Waals surface area contributed by atoms with Crippen molar-refractivity contribution in [3.8, 4) is 0 Å². The minimum absolute atomic E-state index is 0.0313. The topological polar surface area (TPSA) is 74.6 Å². The van der Waals surface area contributed by atoms with Crippen LogP contribution in [0.1, 0.15) is 33.1 Å². The highest BCUT2D eigenvalue weighted by molar-refractivity contribution is 5.80. The number of Topliss-reactive ketones (excluding diaryl/α,β-unsaturated/α-hetero) is 1. The Morgan fingerprint density at radius 3 is 2.36 bits per heavy atom. The van der Waals surface area contributed by atoms with Crippen LogP contribution in [0, 0.1) is 5.92 Å². The molecule has 0 rings (SSSR count). The maximum absolute atomic E-state index is 11.0. The van der Waals surface area contributed by atoms with Crippen LogP contribution in [-0.2, 0) is 9.59 Å². The second kappa shape index (κ2) is 6.68. The zero-order chi connectivity index (χ0) is 11.1. The van der Waals surface area contributed by atoms with Gasteiger partial charge in [-0.3, -0.25) is 9.59 Å². The summed E-state index contributed by atoms with van der Waals surface area (Å²) < 4.78 is 0. The van der Waals surface area contributed by atoms with Gasteiger partial charge in [-0.25, -0.2) is 0 Å². The maximum Gasteiger partial charge on any atom is 0.202 e. The van der Waals surface area contributed by atoms with Crippen LogP contribution in [0.5, 0.6) is 0 Å². The maximum atomic E-state index is 11.0. The molecule has 81 valence electrons. The Hall–Kier alpha value is -0.740. The van der Waals surface area contributed by atoms with Gasteiger partial charge in [-0.2, -0.15) is 0 Å². The van der Waals surface area contributed by atoms with Gasteiger partial charge in [0.15, 0.2) is 0 Å². The zero-order valence-electron chi connectivity index (χ0n) is 8.56. The van der Waals surface area contributed by atoms with E-state index in [4.69, 9.17) is 5.11 Å². The molecule has 1 radical (unpaired) electrons. The van der Waals surface area contributed by atoms with E-state index in [0.717, 1.165) is 0 Å². The van der Waals surface area contributed by atoms with Crippen molar-refractivity contribution in [3.63, 3.8) is 0 Å². The zero-order valence-corrected chi connectivity index (χ0v) is 8.56. The van der Waals surface area contributed by atoms with Crippen LogP contribution in [0.25, 0.3) is 0 Å². The lowest BCUT2D eigenvalue weighted by molar-refractivity contribution is -0.119. The highest BCUT2D eigenvalue weighted by atomic mass is 16.3. The first-order valence-electron chi connectivity index (χ1n) is 4.76. The number of ketones is 1. The lowest BCUT2D eigenvalue weighted by Crippen LogP contribution is -2.26. The van der Waals surface area contributed by atoms with E-state index < -0.39 is 18.1 Å². The normalized spacial score (nSPS) is 17.1. The Balaban J connectivity index is 4.02. The summed E-state index contributed by atoms with van der Waals surface area (Å²) in [6, 6.07) is 0. The Morgan fingerprint density at radius 1 is 1.43 bits per heavy atom. The van der Waals surface area contributed by atoms with Crippen LogP contribution in [0.3, 0.4) is 0 Å². The highest BCUT2D eigenvalue weighted by Crippen LogP contribution is 2.12. The second-order valence-electron chi connectivity index (χ2n) is 3.45. The van der Waals surface area contributed by atoms with Crippen molar-refractivity contribution >= 4 is 12.1 Å². The second-order valence-corrected chi connectivity index (χ2v) is 3.45. The molecular weight excluding hydrogens is 184 g/mol. The molecule has 4 nitrogen and oxygen atoms in total. The van der Waals surface area contributed by atoms with E-state index in [1.165, 1.54) is 6.92 Å². The summed E-state index contributed by atoms with van der Waals surface area (Å²) >= 11 is 0. The van der Waals surface area contributed by atoms with Gasteiger partial charge in [-0.1, -0.05) is 6.92 Å². The van der Waals surface area contributed by atoms with Crippen LogP contribution in [0.2, 0.25) is 0 Å². The molecule has 3 unspecified atom stereocenters. The van der Waals surface area contributed by atoms with Gasteiger partial charge in [0, 0.05) is 18.8 Å². The van der Waals surface area contributed by atoms with Crippen LogP contribution < -0.4 is 0 Å². The SMILES string of the molecule is CCC(=O)CC([C]=O)CC(O)C(C)O. The molecule has 0 bridgehead atoms. The minimum atomic E-state index is -0.967. The third-order valence-corrected chi connectivity index (χ3v) is 2.12. The lowest BCUT2D eigenvalue weighted by atomic mass is 9.94. The lowest BCUT2D eigenvalue weighted by Gasteiger charge is -2.16. The van der Waals surface area contributed by atoms with Crippen molar-refractivity contribution in [3.05, 3.63) is 0 Å². The van der Waals surface area contributed by atoms with Crippen LogP contribution >= 0.6 is 0 Å². The fourth-order valence-electron chi connectivity index (χ4n) is 1.08. The highest BCUT2D eigenvalue weighted by Gasteiger charge is 2.20. The average molecular weight is 201 g/mol. The van der Waals surface area contributed by atoms with Crippen molar-refractivity contribution in [2.75, 3.05) is 0 Å². The Kier molecular flexibility index (Phi) is 6.32. The molecular formula is C10H17O4. The number of aliphatic hydroxyl groups excluding tert-OH is 2. The molecule has 0 aromatic rings. The van der Waals surface area contributed by atoms with Gasteiger partial charge >= 0.3 is 0 Å². The van der Waals surface area contributed by atoms with Crippen molar-refractivity contribution in [1.82, 2.24) is 0 Å². The third-order valence-electron chi connectivity index (χ3n) is 2.12. The molecule has 0 aromatic carbocycles. The van der Waals surface area contributed by atoms with Crippen LogP contribution in [0.4, 0.5) is 0 Å². The molecule has 4 heteroatoms. The standard InChI is InChI=1S/C10H17O4/c1-3-9(13)4-8(6-11)5-10(14)7(2)12/h7-8,10,12,14H,3-5H2,1-2H3. The van der Waals surface area contributed by atoms with Gasteiger partial charge in [-0.05, 0) is 13.3 Å². The number of rotatable bonds is 7. The summed E-state index contributed by atoms with van der Waals surface area (Å²) in [5, 5.41) is 18.3. The molecule has 0 aliphatic carbocycles. The van der Waals surface area contributed by atoms with E-state index in [1.807, 2.05) is 0 Å². The number of hydrogen-bond donors (Lipinski definition) is 2. The van der Waals surface area contributed by atoms with Crippen molar-refractivity contribution < 1.29 is 19.8 Å². The summed E-state index contributed by atoms with van der Waals surface area (Å²) in [6.07, 6.45) is 0.427. The predicted molar refractivity (Wildman–Crippen MR) is 51.4 cm³/mol. The summed E-state index contributed by atoms with van der Waals surface area (Å²) in [5.41, 5.74) is 0. The number of aliphatic hydroxyl groups is 2. The van der Waals surface area contributed by atoms with Gasteiger partial charge < -0.3 is 10.2 Å². The first kappa shape index (κ1) is 13.3. The molecule has 0 aliphatic rings. The minimum Gasteiger partial charge on any atom is -0.391 e. The van der Waals surface area contributed by atoms with Gasteiger partial charge in [0.25, 0.3) is 0 Å². The average Bonchev–Trinajstić information content (AvgIpc) is 2.16. The molecule has 0 spiro atoms. The van der Waals surface area contributed by atoms with E-state index in [0.29, 0.717) is 6.42 Å². The van der Waals surface area contributed by atoms with E-state index in [2.05, 4.69) is 0 Å². The van der Waals surface area contributed by atoms with Crippen molar-refractivity contribution in [1.29, 1.82) is 0 Å². The molecule has 0 heterocycles. The van der Waals surface area contributed by atoms with Gasteiger partial charge in [-0.15, -0.1) is 0 Å². The van der Waals surface area contributed by atoms with Crippen LogP contribution in [-0.4, -0.2) is 34.5 Å². The van der Waals surface area contributed by atoms with Crippen molar-refractivity contribution in [2.45, 2.75) is 45.3 Å². The molecule has 0 saturated carbocycles. The summed E-state index contributed by atoms with van der Waals surface area (Å²) in [4.78, 5) is 21.5. The molecule has 2 N–H and O–H groups in total. The molecule has 0 fully saturated rings. The third kappa shape index (κ3) is 5.09. The quantitative estimate of drug-likeness (QED) is 0.617. The molecule has 0 amide bonds. The van der Waals surface area contributed by atoms with E-state index in [1.54, 1.807) is 13.2 Å². The summed E-state index contributed by atoms with van der Waals surface area (Å²) in [6.45, 7) is 3.16. The number of carbonyl (C=O) groups is 1. The first-order valence-corrected chi connectivity index (χ1v) is 4.76. The molecule has 14 heavy (non-hydrogen) atoms. The number of hydrogen-bond acceptors (Lipinski definition) is 4. The Morgan fingerprint density at radius 2 is 2.00 bits per heavy atom. The smallest absolute Gasteiger partial charge is 0.202 e. The monoisotopic (exact) mass is 201 g/mol. The van der Waals surface area contributed by atoms with Crippen molar-refractivity contribution in [2.24, 2.45) is 5.92 Å². The molecule has 0 aliphatic heterocycles. The molecule has 0 saturated heterocycles. The van der Waals surface area contributed by atoms with Gasteiger partial charge in [0.1, 0.15) is 5.78 Å². The molecule has 3 atom stereocenters. The Labute approximate surface area is 83.9 Å². The van der Waals surface area contributed by atoms with Crippen LogP contribution in [0.15, 0.2) is 0 Å². The van der Waals surface area contributed by atoms with E-state index >= 15 is 0 Å². The van der Waals surface area contributed by atoms with Gasteiger partial charge in [0.05, 0.1) is 12.2 Å². The predicted octanol–water partition coefficient (Wildman–Crippen LogP) is 0.213. The fourth-order valence-corrected chi connectivity index (χ4v) is 1.08. The number of carbonyl (C=O) groups excluding carboxylic acids is 2. The van der Waals surface area contributed by atoms with E-state index in [-0.39, 0.29) is 18.6 Å². The summed E-state index contributed by atoms with van der Waals surface area (Å²) in [7, 11) is 0. The molecule has 0 aromatic heterocycles.